The van der Waals surface area contributed by atoms with Crippen LogP contribution in [0.5, 0.6) is 0 Å². The zero-order valence-electron chi connectivity index (χ0n) is 10.2. The number of nitrogens with one attached hydrogen (secondary N) is 1. The number of carbonyl (C=O) groups excluding carboxylic acids is 1. The Hall–Kier alpha value is -2.58. The molecule has 4 nitrogen and oxygen atoms in total. The summed E-state index contributed by atoms with van der Waals surface area (Å²) in [5.74, 6) is -1.49. The first-order valence-corrected chi connectivity index (χ1v) is 5.95. The number of benzene rings is 2. The summed E-state index contributed by atoms with van der Waals surface area (Å²) in [7, 11) is 0. The lowest BCUT2D eigenvalue weighted by atomic mass is 10.1. The van der Waals surface area contributed by atoms with Crippen LogP contribution in [0.2, 0.25) is 5.02 Å². The van der Waals surface area contributed by atoms with Gasteiger partial charge in [-0.25, -0.2) is 4.39 Å². The molecule has 0 aromatic heterocycles. The quantitative estimate of drug-likeness (QED) is 0.833. The second-order valence-electron chi connectivity index (χ2n) is 3.97. The largest absolute Gasteiger partial charge is 0.399 e. The maximum atomic E-state index is 13.7. The van der Waals surface area contributed by atoms with Crippen molar-refractivity contribution in [3.05, 3.63) is 58.4 Å². The third-order valence-corrected chi connectivity index (χ3v) is 2.90. The van der Waals surface area contributed by atoms with Gasteiger partial charge in [0.2, 0.25) is 0 Å². The molecule has 0 spiro atoms. The number of hydrogen-bond donors (Lipinski definition) is 2. The van der Waals surface area contributed by atoms with Crippen LogP contribution in [0.3, 0.4) is 0 Å². The molecule has 3 N–H and O–H groups in total. The van der Waals surface area contributed by atoms with Crippen molar-refractivity contribution >= 4 is 28.9 Å². The molecule has 0 atom stereocenters. The molecule has 0 saturated carbocycles. The van der Waals surface area contributed by atoms with E-state index in [2.05, 4.69) is 5.32 Å². The number of rotatable bonds is 2. The Kier molecular flexibility index (Phi) is 3.87. The normalized spacial score (nSPS) is 9.85. The van der Waals surface area contributed by atoms with E-state index in [9.17, 15) is 9.18 Å². The Morgan fingerprint density at radius 2 is 2.10 bits per heavy atom. The predicted molar refractivity (Wildman–Crippen MR) is 74.9 cm³/mol. The number of amides is 1. The minimum atomic E-state index is -0.805. The SMILES string of the molecule is N#Cc1cc(N)ccc1NC(=O)c1cccc(Cl)c1F. The van der Waals surface area contributed by atoms with E-state index in [0.29, 0.717) is 5.69 Å². The van der Waals surface area contributed by atoms with E-state index in [1.165, 1.54) is 36.4 Å². The van der Waals surface area contributed by atoms with Crippen molar-refractivity contribution in [3.8, 4) is 6.07 Å². The Balaban J connectivity index is 2.33. The molecule has 2 aromatic carbocycles. The van der Waals surface area contributed by atoms with Crippen LogP contribution >= 0.6 is 11.6 Å². The molecule has 0 aliphatic rings. The van der Waals surface area contributed by atoms with Crippen LogP contribution in [0.4, 0.5) is 15.8 Å². The van der Waals surface area contributed by atoms with Crippen molar-refractivity contribution in [1.29, 1.82) is 5.26 Å². The lowest BCUT2D eigenvalue weighted by Crippen LogP contribution is -2.14. The van der Waals surface area contributed by atoms with Crippen LogP contribution in [0.25, 0.3) is 0 Å². The van der Waals surface area contributed by atoms with Crippen molar-refractivity contribution in [2.24, 2.45) is 0 Å². The molecule has 0 bridgehead atoms. The Labute approximate surface area is 119 Å². The fourth-order valence-corrected chi connectivity index (χ4v) is 1.81. The Bertz CT molecular complexity index is 725. The molecule has 0 fully saturated rings. The highest BCUT2D eigenvalue weighted by Gasteiger charge is 2.15. The Morgan fingerprint density at radius 3 is 2.80 bits per heavy atom. The van der Waals surface area contributed by atoms with E-state index in [-0.39, 0.29) is 21.8 Å². The van der Waals surface area contributed by atoms with Crippen molar-refractivity contribution in [1.82, 2.24) is 0 Å². The topological polar surface area (TPSA) is 78.9 Å². The smallest absolute Gasteiger partial charge is 0.258 e. The van der Waals surface area contributed by atoms with E-state index in [4.69, 9.17) is 22.6 Å². The fraction of sp³-hybridized carbons (Fsp3) is 0. The van der Waals surface area contributed by atoms with Gasteiger partial charge in [-0.2, -0.15) is 5.26 Å². The number of nitrogens with zero attached hydrogens (tertiary/aromatic N) is 1. The first-order chi connectivity index (χ1) is 9.52. The lowest BCUT2D eigenvalue weighted by Gasteiger charge is -2.08. The van der Waals surface area contributed by atoms with Crippen molar-refractivity contribution < 1.29 is 9.18 Å². The Morgan fingerprint density at radius 1 is 1.35 bits per heavy atom. The maximum Gasteiger partial charge on any atom is 0.258 e. The average Bonchev–Trinajstić information content (AvgIpc) is 2.43. The second-order valence-corrected chi connectivity index (χ2v) is 4.38. The summed E-state index contributed by atoms with van der Waals surface area (Å²) in [5, 5.41) is 11.3. The lowest BCUT2D eigenvalue weighted by molar-refractivity contribution is 0.102. The van der Waals surface area contributed by atoms with Gasteiger partial charge in [0.15, 0.2) is 5.82 Å². The van der Waals surface area contributed by atoms with E-state index in [1.807, 2.05) is 6.07 Å². The third kappa shape index (κ3) is 2.71. The van der Waals surface area contributed by atoms with E-state index in [0.717, 1.165) is 0 Å². The van der Waals surface area contributed by atoms with Crippen molar-refractivity contribution in [2.75, 3.05) is 11.1 Å². The molecule has 0 saturated heterocycles. The minimum absolute atomic E-state index is 0.143. The highest BCUT2D eigenvalue weighted by atomic mass is 35.5. The average molecular weight is 290 g/mol. The maximum absolute atomic E-state index is 13.7. The van der Waals surface area contributed by atoms with Crippen LogP contribution in [-0.4, -0.2) is 5.91 Å². The molecule has 2 aromatic rings. The summed E-state index contributed by atoms with van der Waals surface area (Å²) in [6.45, 7) is 0. The number of hydrogen-bond acceptors (Lipinski definition) is 3. The standard InChI is InChI=1S/C14H9ClFN3O/c15-11-3-1-2-10(13(11)16)14(20)19-12-5-4-9(18)6-8(12)7-17/h1-6H,18H2,(H,19,20). The summed E-state index contributed by atoms with van der Waals surface area (Å²) in [6, 6.07) is 10.5. The van der Waals surface area contributed by atoms with Gasteiger partial charge in [0.1, 0.15) is 6.07 Å². The van der Waals surface area contributed by atoms with Gasteiger partial charge in [0.25, 0.3) is 5.91 Å². The van der Waals surface area contributed by atoms with Gasteiger partial charge < -0.3 is 11.1 Å². The fourth-order valence-electron chi connectivity index (χ4n) is 1.63. The van der Waals surface area contributed by atoms with Gasteiger partial charge in [-0.15, -0.1) is 0 Å². The van der Waals surface area contributed by atoms with Gasteiger partial charge in [-0.05, 0) is 30.3 Å². The molecule has 0 unspecified atom stereocenters. The summed E-state index contributed by atoms with van der Waals surface area (Å²) in [6.07, 6.45) is 0. The second kappa shape index (κ2) is 5.59. The van der Waals surface area contributed by atoms with Crippen LogP contribution in [0, 0.1) is 17.1 Å². The molecule has 0 radical (unpaired) electrons. The van der Waals surface area contributed by atoms with Crippen molar-refractivity contribution in [3.63, 3.8) is 0 Å². The molecular formula is C14H9ClFN3O. The molecule has 2 rings (SSSR count). The van der Waals surface area contributed by atoms with Crippen LogP contribution in [0.15, 0.2) is 36.4 Å². The molecule has 20 heavy (non-hydrogen) atoms. The van der Waals surface area contributed by atoms with Gasteiger partial charge in [-0.1, -0.05) is 17.7 Å². The predicted octanol–water partition coefficient (Wildman–Crippen LogP) is 3.19. The molecule has 0 aliphatic carbocycles. The highest BCUT2D eigenvalue weighted by molar-refractivity contribution is 6.31. The number of anilines is 2. The van der Waals surface area contributed by atoms with Gasteiger partial charge in [-0.3, -0.25) is 4.79 Å². The zero-order chi connectivity index (χ0) is 14.7. The van der Waals surface area contributed by atoms with Gasteiger partial charge in [0.05, 0.1) is 21.8 Å². The number of nitrogens with two attached hydrogens (primary N) is 1. The van der Waals surface area contributed by atoms with Gasteiger partial charge in [0, 0.05) is 5.69 Å². The third-order valence-electron chi connectivity index (χ3n) is 2.61. The molecular weight excluding hydrogens is 281 g/mol. The van der Waals surface area contributed by atoms with E-state index >= 15 is 0 Å². The molecule has 6 heteroatoms. The number of carbonyl (C=O) groups is 1. The molecule has 0 aliphatic heterocycles. The zero-order valence-corrected chi connectivity index (χ0v) is 10.9. The van der Waals surface area contributed by atoms with Crippen molar-refractivity contribution in [2.45, 2.75) is 0 Å². The van der Waals surface area contributed by atoms with Gasteiger partial charge >= 0.3 is 0 Å². The van der Waals surface area contributed by atoms with E-state index < -0.39 is 11.7 Å². The first-order valence-electron chi connectivity index (χ1n) is 5.58. The highest BCUT2D eigenvalue weighted by Crippen LogP contribution is 2.21. The number of nitrogen functional groups attached to an aromatic ring is 1. The van der Waals surface area contributed by atoms with Crippen LogP contribution in [0.1, 0.15) is 15.9 Å². The first kappa shape index (κ1) is 13.8. The summed E-state index contributed by atoms with van der Waals surface area (Å²) in [5.41, 5.74) is 6.20. The summed E-state index contributed by atoms with van der Waals surface area (Å²) >= 11 is 5.62. The van der Waals surface area contributed by atoms with Crippen LogP contribution < -0.4 is 11.1 Å². The number of halogens is 2. The monoisotopic (exact) mass is 289 g/mol. The molecule has 1 amide bonds. The number of nitriles is 1. The summed E-state index contributed by atoms with van der Waals surface area (Å²) < 4.78 is 13.7. The minimum Gasteiger partial charge on any atom is -0.399 e. The van der Waals surface area contributed by atoms with E-state index in [1.54, 1.807) is 0 Å². The van der Waals surface area contributed by atoms with Crippen LogP contribution in [-0.2, 0) is 0 Å². The molecule has 100 valence electrons. The summed E-state index contributed by atoms with van der Waals surface area (Å²) in [4.78, 5) is 12.0. The molecule has 0 heterocycles.